The molecule has 0 spiro atoms. The first-order valence-corrected chi connectivity index (χ1v) is 0.965. The first-order chi connectivity index (χ1) is 3.15. The number of hydrogen-bond acceptors (Lipinski definition) is 2. The van der Waals surface area contributed by atoms with Gasteiger partial charge in [0.1, 0.15) is 0 Å². The Labute approximate surface area is 110 Å². The Kier molecular flexibility index (Phi) is 57.5. The van der Waals surface area contributed by atoms with Crippen molar-refractivity contribution in [1.29, 1.82) is 0 Å². The van der Waals surface area contributed by atoms with Crippen LogP contribution >= 0.6 is 0 Å². The predicted octanol–water partition coefficient (Wildman–Crippen LogP) is -0.243. The van der Waals surface area contributed by atoms with Gasteiger partial charge in [-0.1, -0.05) is 0 Å². The molecule has 0 atom stereocenters. The molecule has 0 saturated heterocycles. The molecule has 0 aliphatic carbocycles. The van der Waals surface area contributed by atoms with E-state index in [-0.39, 0.29) is 75.5 Å². The molecular formula is HCa2N4O3+3. The van der Waals surface area contributed by atoms with Gasteiger partial charge in [-0.25, -0.2) is 0 Å². The Morgan fingerprint density at radius 2 is 1.44 bits per heavy atom. The maximum Gasteiger partial charge on any atom is 2.00 e. The van der Waals surface area contributed by atoms with Crippen molar-refractivity contribution in [2.75, 3.05) is 0 Å². The van der Waals surface area contributed by atoms with Crippen molar-refractivity contribution in [3.63, 3.8) is 0 Å². The molecule has 40 valence electrons. The summed E-state index contributed by atoms with van der Waals surface area (Å²) in [5, 5.41) is 13.6. The van der Waals surface area contributed by atoms with Crippen LogP contribution in [-0.2, 0) is 0 Å². The molecule has 0 bridgehead atoms. The van der Waals surface area contributed by atoms with E-state index in [4.69, 9.17) is 26.4 Å². The van der Waals surface area contributed by atoms with Crippen molar-refractivity contribution in [1.82, 2.24) is 0 Å². The van der Waals surface area contributed by atoms with Gasteiger partial charge in [0, 0.05) is 0 Å². The van der Waals surface area contributed by atoms with Crippen LogP contribution in [0.5, 0.6) is 0 Å². The van der Waals surface area contributed by atoms with E-state index in [1.807, 2.05) is 0 Å². The van der Waals surface area contributed by atoms with Crippen LogP contribution in [0, 0.1) is 10.1 Å². The van der Waals surface area contributed by atoms with Gasteiger partial charge in [0.05, 0.1) is 0 Å². The largest absolute Gasteiger partial charge is 2.00 e. The summed E-state index contributed by atoms with van der Waals surface area (Å²) in [5.74, 6) is 0. The first-order valence-electron chi connectivity index (χ1n) is 0.965. The number of hydrogen-bond donors (Lipinski definition) is 1. The Morgan fingerprint density at radius 3 is 1.44 bits per heavy atom. The van der Waals surface area contributed by atoms with E-state index < -0.39 is 5.09 Å². The zero-order valence-electron chi connectivity index (χ0n) is 4.47. The summed E-state index contributed by atoms with van der Waals surface area (Å²) in [6.07, 6.45) is 0. The Hall–Kier alpha value is 1.03. The zero-order valence-corrected chi connectivity index (χ0v) is 8.88. The maximum absolute atomic E-state index is 8.36. The van der Waals surface area contributed by atoms with Crippen LogP contribution in [0.15, 0.2) is 0 Å². The molecule has 0 heterocycles. The molecule has 0 saturated carbocycles. The van der Waals surface area contributed by atoms with Crippen molar-refractivity contribution < 1.29 is 10.3 Å². The third-order valence-electron chi connectivity index (χ3n) is 0. The molecule has 0 aliphatic rings. The monoisotopic (exact) mass is 185 g/mol. The zero-order chi connectivity index (χ0) is 6.28. The molecule has 1 N–H and O–H groups in total. The fraction of sp³-hybridized carbons (Fsp3) is 0. The molecule has 9 heteroatoms. The van der Waals surface area contributed by atoms with Crippen molar-refractivity contribution >= 4 is 75.5 Å². The minimum Gasteiger partial charge on any atom is -0.373 e. The van der Waals surface area contributed by atoms with Gasteiger partial charge in [-0.05, 0) is 0 Å². The second-order valence-corrected chi connectivity index (χ2v) is 0.327. The van der Waals surface area contributed by atoms with Crippen LogP contribution in [-0.4, -0.2) is 85.8 Å². The van der Waals surface area contributed by atoms with Gasteiger partial charge in [-0.2, -0.15) is 0 Å². The van der Waals surface area contributed by atoms with Crippen molar-refractivity contribution in [3.05, 3.63) is 26.1 Å². The summed E-state index contributed by atoms with van der Waals surface area (Å²) in [4.78, 5) is 9.86. The maximum atomic E-state index is 8.36. The second kappa shape index (κ2) is 23.0. The Balaban J connectivity index is -0.0000000233. The molecule has 9 heavy (non-hydrogen) atoms. The molecule has 0 aromatic carbocycles. The summed E-state index contributed by atoms with van der Waals surface area (Å²) in [6.45, 7) is 0. The average molecular weight is 185 g/mol. The van der Waals surface area contributed by atoms with E-state index in [1.165, 1.54) is 4.91 Å². The molecule has 0 rings (SSSR count). The van der Waals surface area contributed by atoms with Crippen molar-refractivity contribution in [2.24, 2.45) is 0 Å². The molecule has 0 unspecified atom stereocenters. The molecule has 0 fully saturated rings. The van der Waals surface area contributed by atoms with Gasteiger partial charge in [0.25, 0.3) is 5.09 Å². The second-order valence-electron chi connectivity index (χ2n) is 0.327. The predicted molar refractivity (Wildman–Crippen MR) is 30.4 cm³/mol. The first kappa shape index (κ1) is 22.5. The van der Waals surface area contributed by atoms with E-state index in [9.17, 15) is 0 Å². The van der Waals surface area contributed by atoms with Crippen molar-refractivity contribution in [3.8, 4) is 0 Å². The summed E-state index contributed by atoms with van der Waals surface area (Å²) in [6, 6.07) is 0. The minimum atomic E-state index is -1.50. The number of rotatable bonds is 0. The van der Waals surface area contributed by atoms with Crippen LogP contribution in [0.1, 0.15) is 0 Å². The fourth-order valence-electron chi connectivity index (χ4n) is 0. The van der Waals surface area contributed by atoms with Gasteiger partial charge in [-0.3, -0.25) is 4.91 Å². The van der Waals surface area contributed by atoms with Crippen LogP contribution in [0.2, 0.25) is 0 Å². The molecule has 0 radical (unpaired) electrons. The van der Waals surface area contributed by atoms with E-state index >= 15 is 0 Å². The van der Waals surface area contributed by atoms with Crippen LogP contribution in [0.4, 0.5) is 0 Å². The van der Waals surface area contributed by atoms with Gasteiger partial charge < -0.3 is 16.3 Å². The molecule has 0 amide bonds. The topological polar surface area (TPSA) is 122 Å². The van der Waals surface area contributed by atoms with Crippen LogP contribution < -0.4 is 0 Å². The summed E-state index contributed by atoms with van der Waals surface area (Å²) >= 11 is 0. The molecule has 0 aliphatic heterocycles. The van der Waals surface area contributed by atoms with Crippen molar-refractivity contribution in [2.45, 2.75) is 0 Å². The average Bonchev–Trinajstić information content (AvgIpc) is 1.33. The van der Waals surface area contributed by atoms with E-state index in [0.717, 1.165) is 0 Å². The smallest absolute Gasteiger partial charge is 0.373 e. The van der Waals surface area contributed by atoms with E-state index in [0.29, 0.717) is 0 Å². The molecule has 7 nitrogen and oxygen atoms in total. The fourth-order valence-corrected chi connectivity index (χ4v) is 0. The normalized spacial score (nSPS) is 3.56. The van der Waals surface area contributed by atoms with E-state index in [1.54, 1.807) is 0 Å². The van der Waals surface area contributed by atoms with Gasteiger partial charge in [-0.15, -0.1) is 10.1 Å². The molecular weight excluding hydrogens is 184 g/mol. The van der Waals surface area contributed by atoms with Gasteiger partial charge >= 0.3 is 75.5 Å². The number of nitrogens with zero attached hydrogens (tertiary/aromatic N) is 4. The minimum absolute atomic E-state index is 0. The Morgan fingerprint density at radius 1 is 1.44 bits per heavy atom. The standard InChI is InChI=1S/2Ca.N3.HNO3/c;;1-3-2;2-1(3)4/h;;;(H,2,3,4)/q2*+2;-1;. The Bertz CT molecular complexity index is 81.8. The molecule has 0 aromatic heterocycles. The third kappa shape index (κ3) is 421. The van der Waals surface area contributed by atoms with Gasteiger partial charge in [0.2, 0.25) is 0 Å². The van der Waals surface area contributed by atoms with Crippen LogP contribution in [0.25, 0.3) is 16.0 Å². The van der Waals surface area contributed by atoms with Crippen LogP contribution in [0.3, 0.4) is 0 Å². The summed E-state index contributed by atoms with van der Waals surface area (Å²) in [5.41, 5.74) is 13.5. The molecule has 0 aromatic rings. The van der Waals surface area contributed by atoms with E-state index in [2.05, 4.69) is 0 Å². The third-order valence-corrected chi connectivity index (χ3v) is 0. The van der Waals surface area contributed by atoms with Gasteiger partial charge in [0.15, 0.2) is 0 Å². The quantitative estimate of drug-likeness (QED) is 0.140. The SMILES string of the molecule is O=[N+]([O-])O.[Ca+2].[Ca+2].[N-]=[N+]=[N-]. The summed E-state index contributed by atoms with van der Waals surface area (Å²) in [7, 11) is 0. The summed E-state index contributed by atoms with van der Waals surface area (Å²) < 4.78 is 0.